The number of aromatic nitrogens is 2. The highest BCUT2D eigenvalue weighted by atomic mass is 35.5. The second-order valence-electron chi connectivity index (χ2n) is 6.05. The number of aromatic carboxylic acids is 1. The molecule has 1 amide bonds. The molecule has 1 unspecified atom stereocenters. The lowest BCUT2D eigenvalue weighted by Gasteiger charge is -2.14. The van der Waals surface area contributed by atoms with Crippen LogP contribution in [0.15, 0.2) is 54.9 Å². The Balaban J connectivity index is 1.64. The van der Waals surface area contributed by atoms with Crippen LogP contribution in [0.2, 0.25) is 5.02 Å². The molecular weight excluding hydrogens is 398 g/mol. The number of carboxylic acids is 1. The van der Waals surface area contributed by atoms with E-state index in [4.69, 9.17) is 21.4 Å². The monoisotopic (exact) mass is 413 g/mol. The molecule has 148 valence electrons. The van der Waals surface area contributed by atoms with Crippen molar-refractivity contribution in [2.24, 2.45) is 0 Å². The third-order valence-corrected chi connectivity index (χ3v) is 4.35. The Morgan fingerprint density at radius 2 is 1.83 bits per heavy atom. The summed E-state index contributed by atoms with van der Waals surface area (Å²) in [4.78, 5) is 42.7. The third-order valence-electron chi connectivity index (χ3n) is 4.02. The molecular formula is C20H16ClN3O5. The first kappa shape index (κ1) is 20.1. The number of nitrogens with zero attached hydrogens (tertiary/aromatic N) is 1. The van der Waals surface area contributed by atoms with Crippen LogP contribution in [0, 0.1) is 0 Å². The van der Waals surface area contributed by atoms with E-state index >= 15 is 0 Å². The number of carboxylic acid groups (broad SMARTS) is 1. The first-order chi connectivity index (χ1) is 13.8. The summed E-state index contributed by atoms with van der Waals surface area (Å²) < 4.78 is 5.18. The molecule has 0 fully saturated rings. The summed E-state index contributed by atoms with van der Waals surface area (Å²) >= 11 is 5.99. The van der Waals surface area contributed by atoms with Gasteiger partial charge in [-0.05, 0) is 37.3 Å². The van der Waals surface area contributed by atoms with Gasteiger partial charge in [-0.15, -0.1) is 0 Å². The van der Waals surface area contributed by atoms with Gasteiger partial charge in [-0.25, -0.2) is 14.6 Å². The number of H-pyrrole nitrogens is 1. The van der Waals surface area contributed by atoms with Gasteiger partial charge in [-0.1, -0.05) is 23.7 Å². The predicted octanol–water partition coefficient (Wildman–Crippen LogP) is 3.61. The summed E-state index contributed by atoms with van der Waals surface area (Å²) in [7, 11) is 0. The Kier molecular flexibility index (Phi) is 5.94. The lowest BCUT2D eigenvalue weighted by atomic mass is 10.1. The third kappa shape index (κ3) is 4.80. The van der Waals surface area contributed by atoms with E-state index in [-0.39, 0.29) is 21.8 Å². The average Bonchev–Trinajstić information content (AvgIpc) is 3.24. The highest BCUT2D eigenvalue weighted by Crippen LogP contribution is 2.23. The maximum absolute atomic E-state index is 12.3. The number of hydrogen-bond donors (Lipinski definition) is 3. The largest absolute Gasteiger partial charge is 0.478 e. The summed E-state index contributed by atoms with van der Waals surface area (Å²) in [5.74, 6) is -1.81. The zero-order chi connectivity index (χ0) is 21.0. The Labute approximate surface area is 170 Å². The first-order valence-electron chi connectivity index (χ1n) is 8.49. The van der Waals surface area contributed by atoms with Crippen molar-refractivity contribution in [3.63, 3.8) is 0 Å². The standard InChI is InChI=1S/C20H16ClN3O5/c1-11(18(25)24-16-10-14(19(26)27)6-7-15(16)21)29-20(28)13-4-2-12(3-5-13)17-22-8-9-23-17/h2-11H,1H3,(H,22,23)(H,24,25)(H,26,27). The molecule has 2 aromatic carbocycles. The summed E-state index contributed by atoms with van der Waals surface area (Å²) in [5, 5.41) is 11.7. The van der Waals surface area contributed by atoms with E-state index in [2.05, 4.69) is 15.3 Å². The first-order valence-corrected chi connectivity index (χ1v) is 8.87. The van der Waals surface area contributed by atoms with Gasteiger partial charge in [0.05, 0.1) is 21.8 Å². The normalized spacial score (nSPS) is 11.5. The topological polar surface area (TPSA) is 121 Å². The van der Waals surface area contributed by atoms with Gasteiger partial charge in [0.15, 0.2) is 6.10 Å². The number of hydrogen-bond acceptors (Lipinski definition) is 5. The molecule has 0 saturated carbocycles. The number of nitrogens with one attached hydrogen (secondary N) is 2. The smallest absolute Gasteiger partial charge is 0.338 e. The number of aromatic amines is 1. The Morgan fingerprint density at radius 3 is 2.45 bits per heavy atom. The number of ether oxygens (including phenoxy) is 1. The molecule has 0 spiro atoms. The Morgan fingerprint density at radius 1 is 1.14 bits per heavy atom. The maximum atomic E-state index is 12.3. The fraction of sp³-hybridized carbons (Fsp3) is 0.100. The predicted molar refractivity (Wildman–Crippen MR) is 106 cm³/mol. The number of carbonyl (C=O) groups is 3. The average molecular weight is 414 g/mol. The number of anilines is 1. The van der Waals surface area contributed by atoms with E-state index in [1.807, 2.05) is 0 Å². The van der Waals surface area contributed by atoms with Gasteiger partial charge in [-0.3, -0.25) is 4.79 Å². The number of esters is 1. The molecule has 29 heavy (non-hydrogen) atoms. The molecule has 0 bridgehead atoms. The van der Waals surface area contributed by atoms with Gasteiger partial charge in [0.1, 0.15) is 5.82 Å². The molecule has 3 N–H and O–H groups in total. The molecule has 0 aliphatic heterocycles. The number of halogens is 1. The van der Waals surface area contributed by atoms with E-state index in [1.165, 1.54) is 25.1 Å². The molecule has 0 saturated heterocycles. The lowest BCUT2D eigenvalue weighted by molar-refractivity contribution is -0.123. The number of carbonyl (C=O) groups excluding carboxylic acids is 2. The zero-order valence-electron chi connectivity index (χ0n) is 15.2. The van der Waals surface area contributed by atoms with Crippen molar-refractivity contribution < 1.29 is 24.2 Å². The summed E-state index contributed by atoms with van der Waals surface area (Å²) in [6.45, 7) is 1.40. The van der Waals surface area contributed by atoms with Crippen LogP contribution in [0.4, 0.5) is 5.69 Å². The van der Waals surface area contributed by atoms with Crippen molar-refractivity contribution in [3.05, 3.63) is 71.0 Å². The van der Waals surface area contributed by atoms with Gasteiger partial charge in [0.25, 0.3) is 5.91 Å². The van der Waals surface area contributed by atoms with Crippen LogP contribution in [0.1, 0.15) is 27.6 Å². The van der Waals surface area contributed by atoms with Crippen LogP contribution in [-0.2, 0) is 9.53 Å². The highest BCUT2D eigenvalue weighted by molar-refractivity contribution is 6.34. The van der Waals surface area contributed by atoms with E-state index in [9.17, 15) is 14.4 Å². The second-order valence-corrected chi connectivity index (χ2v) is 6.46. The molecule has 1 atom stereocenters. The number of amides is 1. The molecule has 0 aliphatic carbocycles. The van der Waals surface area contributed by atoms with Crippen molar-refractivity contribution in [2.75, 3.05) is 5.32 Å². The van der Waals surface area contributed by atoms with Crippen molar-refractivity contribution in [2.45, 2.75) is 13.0 Å². The minimum Gasteiger partial charge on any atom is -0.478 e. The second kappa shape index (κ2) is 8.57. The fourth-order valence-corrected chi connectivity index (χ4v) is 2.62. The van der Waals surface area contributed by atoms with Crippen molar-refractivity contribution in [1.82, 2.24) is 9.97 Å². The van der Waals surface area contributed by atoms with Gasteiger partial charge >= 0.3 is 11.9 Å². The summed E-state index contributed by atoms with van der Waals surface area (Å²) in [5.41, 5.74) is 1.14. The van der Waals surface area contributed by atoms with E-state index < -0.39 is 23.9 Å². The van der Waals surface area contributed by atoms with Crippen molar-refractivity contribution in [3.8, 4) is 11.4 Å². The van der Waals surface area contributed by atoms with E-state index in [1.54, 1.807) is 36.7 Å². The summed E-state index contributed by atoms with van der Waals surface area (Å²) in [6.07, 6.45) is 2.18. The van der Waals surface area contributed by atoms with Crippen molar-refractivity contribution in [1.29, 1.82) is 0 Å². The Hall–Kier alpha value is -3.65. The van der Waals surface area contributed by atoms with E-state index in [0.717, 1.165) is 5.56 Å². The van der Waals surface area contributed by atoms with Gasteiger partial charge in [-0.2, -0.15) is 0 Å². The molecule has 9 heteroatoms. The number of imidazole rings is 1. The van der Waals surface area contributed by atoms with Crippen LogP contribution in [-0.4, -0.2) is 39.0 Å². The van der Waals surface area contributed by atoms with E-state index in [0.29, 0.717) is 5.82 Å². The van der Waals surface area contributed by atoms with Gasteiger partial charge in [0, 0.05) is 18.0 Å². The number of benzene rings is 2. The SMILES string of the molecule is CC(OC(=O)c1ccc(-c2ncc[nH]2)cc1)C(=O)Nc1cc(C(=O)O)ccc1Cl. The Bertz CT molecular complexity index is 1050. The summed E-state index contributed by atoms with van der Waals surface area (Å²) in [6, 6.07) is 10.4. The van der Waals surface area contributed by atoms with Crippen LogP contribution in [0.25, 0.3) is 11.4 Å². The van der Waals surface area contributed by atoms with Crippen LogP contribution in [0.5, 0.6) is 0 Å². The minimum absolute atomic E-state index is 0.0361. The van der Waals surface area contributed by atoms with Gasteiger partial charge < -0.3 is 20.1 Å². The quantitative estimate of drug-likeness (QED) is 0.531. The van der Waals surface area contributed by atoms with Crippen LogP contribution >= 0.6 is 11.6 Å². The van der Waals surface area contributed by atoms with Crippen LogP contribution in [0.3, 0.4) is 0 Å². The molecule has 1 aromatic heterocycles. The highest BCUT2D eigenvalue weighted by Gasteiger charge is 2.20. The number of rotatable bonds is 6. The molecule has 1 heterocycles. The molecule has 3 aromatic rings. The fourth-order valence-electron chi connectivity index (χ4n) is 2.46. The maximum Gasteiger partial charge on any atom is 0.338 e. The van der Waals surface area contributed by atoms with Crippen molar-refractivity contribution >= 4 is 35.1 Å². The van der Waals surface area contributed by atoms with Gasteiger partial charge in [0.2, 0.25) is 0 Å². The lowest BCUT2D eigenvalue weighted by Crippen LogP contribution is -2.30. The molecule has 0 aliphatic rings. The molecule has 0 radical (unpaired) electrons. The van der Waals surface area contributed by atoms with Crippen LogP contribution < -0.4 is 5.32 Å². The zero-order valence-corrected chi connectivity index (χ0v) is 15.9. The molecule has 8 nitrogen and oxygen atoms in total. The minimum atomic E-state index is -1.16. The molecule has 3 rings (SSSR count).